The Kier molecular flexibility index (Phi) is 4.44. The van der Waals surface area contributed by atoms with Crippen molar-refractivity contribution in [3.8, 4) is 0 Å². The maximum absolute atomic E-state index is 11.1. The average molecular weight is 250 g/mol. The maximum Gasteiger partial charge on any atom is 0.292 e. The van der Waals surface area contributed by atoms with E-state index < -0.39 is 11.0 Å². The molecule has 1 aromatic carbocycles. The van der Waals surface area contributed by atoms with Crippen LogP contribution in [0.25, 0.3) is 0 Å². The van der Waals surface area contributed by atoms with Crippen molar-refractivity contribution in [1.29, 1.82) is 0 Å². The van der Waals surface area contributed by atoms with E-state index in [0.717, 1.165) is 5.57 Å². The summed E-state index contributed by atoms with van der Waals surface area (Å²) >= 11 is 0. The van der Waals surface area contributed by atoms with Gasteiger partial charge in [0.2, 0.25) is 0 Å². The van der Waals surface area contributed by atoms with Gasteiger partial charge in [-0.05, 0) is 25.5 Å². The third-order valence-electron chi connectivity index (χ3n) is 2.60. The molecule has 1 atom stereocenters. The number of anilines is 1. The highest BCUT2D eigenvalue weighted by molar-refractivity contribution is 5.64. The molecule has 0 aliphatic carbocycles. The quantitative estimate of drug-likeness (QED) is 0.495. The van der Waals surface area contributed by atoms with Gasteiger partial charge in [-0.2, -0.15) is 0 Å². The highest BCUT2D eigenvalue weighted by Gasteiger charge is 2.19. The summed E-state index contributed by atoms with van der Waals surface area (Å²) in [6, 6.07) is 4.76. The van der Waals surface area contributed by atoms with Gasteiger partial charge in [0, 0.05) is 19.7 Å². The maximum atomic E-state index is 11.1. The van der Waals surface area contributed by atoms with E-state index in [1.54, 1.807) is 31.0 Å². The molecule has 1 N–H and O–H groups in total. The zero-order valence-electron chi connectivity index (χ0n) is 10.9. The second-order valence-corrected chi connectivity index (χ2v) is 4.49. The fourth-order valence-corrected chi connectivity index (χ4v) is 1.76. The molecule has 0 fully saturated rings. The van der Waals surface area contributed by atoms with Gasteiger partial charge < -0.3 is 10.0 Å². The molecular weight excluding hydrogens is 232 g/mol. The lowest BCUT2D eigenvalue weighted by Crippen LogP contribution is -2.20. The highest BCUT2D eigenvalue weighted by atomic mass is 16.6. The molecule has 0 amide bonds. The van der Waals surface area contributed by atoms with Gasteiger partial charge in [0.15, 0.2) is 0 Å². The van der Waals surface area contributed by atoms with Crippen molar-refractivity contribution in [3.63, 3.8) is 0 Å². The third kappa shape index (κ3) is 3.30. The summed E-state index contributed by atoms with van der Waals surface area (Å²) in [5, 5.41) is 20.5. The lowest BCUT2D eigenvalue weighted by atomic mass is 10.1. The topological polar surface area (TPSA) is 66.6 Å². The van der Waals surface area contributed by atoms with Gasteiger partial charge in [-0.25, -0.2) is 0 Å². The minimum Gasteiger partial charge on any atom is -0.389 e. The van der Waals surface area contributed by atoms with Crippen LogP contribution in [-0.2, 0) is 0 Å². The van der Waals surface area contributed by atoms with Crippen LogP contribution >= 0.6 is 0 Å². The van der Waals surface area contributed by atoms with Gasteiger partial charge >= 0.3 is 0 Å². The lowest BCUT2D eigenvalue weighted by Gasteiger charge is -2.19. The Hall–Kier alpha value is -1.88. The minimum absolute atomic E-state index is 0.00264. The van der Waals surface area contributed by atoms with E-state index in [9.17, 15) is 15.2 Å². The molecular formula is C13H18N2O3. The van der Waals surface area contributed by atoms with Crippen LogP contribution in [0.3, 0.4) is 0 Å². The van der Waals surface area contributed by atoms with Gasteiger partial charge in [0.1, 0.15) is 5.69 Å². The Morgan fingerprint density at radius 1 is 1.61 bits per heavy atom. The van der Waals surface area contributed by atoms with E-state index in [1.807, 2.05) is 6.92 Å². The molecule has 0 heterocycles. The minimum atomic E-state index is -0.718. The Morgan fingerprint density at radius 2 is 2.22 bits per heavy atom. The number of nitro benzene ring substituents is 1. The van der Waals surface area contributed by atoms with E-state index in [4.69, 9.17) is 0 Å². The van der Waals surface area contributed by atoms with Crippen LogP contribution in [0.5, 0.6) is 0 Å². The molecule has 0 spiro atoms. The molecule has 18 heavy (non-hydrogen) atoms. The predicted octanol–water partition coefficient (Wildman–Crippen LogP) is 2.66. The second kappa shape index (κ2) is 5.64. The molecule has 0 bridgehead atoms. The van der Waals surface area contributed by atoms with Gasteiger partial charge in [-0.3, -0.25) is 10.1 Å². The number of aliphatic hydroxyl groups excluding tert-OH is 1. The van der Waals surface area contributed by atoms with Crippen molar-refractivity contribution < 1.29 is 10.0 Å². The van der Waals surface area contributed by atoms with Crippen LogP contribution in [0.1, 0.15) is 25.5 Å². The first-order valence-electron chi connectivity index (χ1n) is 5.65. The van der Waals surface area contributed by atoms with Crippen molar-refractivity contribution >= 4 is 11.4 Å². The van der Waals surface area contributed by atoms with Gasteiger partial charge in [-0.15, -0.1) is 0 Å². The van der Waals surface area contributed by atoms with Crippen LogP contribution in [0.4, 0.5) is 11.4 Å². The number of nitro groups is 1. The molecule has 5 nitrogen and oxygen atoms in total. The van der Waals surface area contributed by atoms with Crippen molar-refractivity contribution in [1.82, 2.24) is 0 Å². The fourth-order valence-electron chi connectivity index (χ4n) is 1.76. The molecule has 1 aromatic rings. The molecule has 0 unspecified atom stereocenters. The van der Waals surface area contributed by atoms with Crippen molar-refractivity contribution in [2.45, 2.75) is 20.0 Å². The summed E-state index contributed by atoms with van der Waals surface area (Å²) in [7, 11) is 1.78. The molecule has 0 aliphatic rings. The number of nitrogens with zero attached hydrogens (tertiary/aromatic N) is 2. The summed E-state index contributed by atoms with van der Waals surface area (Å²) in [5.74, 6) is 0. The first-order chi connectivity index (χ1) is 8.32. The van der Waals surface area contributed by atoms with Gasteiger partial charge in [0.05, 0.1) is 11.0 Å². The predicted molar refractivity (Wildman–Crippen MR) is 71.8 cm³/mol. The fraction of sp³-hybridized carbons (Fsp3) is 0.385. The second-order valence-electron chi connectivity index (χ2n) is 4.49. The number of hydrogen-bond acceptors (Lipinski definition) is 4. The normalized spacial score (nSPS) is 12.0. The molecule has 5 heteroatoms. The summed E-state index contributed by atoms with van der Waals surface area (Å²) in [5.41, 5.74) is 1.98. The summed E-state index contributed by atoms with van der Waals surface area (Å²) in [4.78, 5) is 12.4. The molecule has 0 saturated heterocycles. The summed E-state index contributed by atoms with van der Waals surface area (Å²) in [6.07, 6.45) is -0.718. The molecule has 0 aliphatic heterocycles. The van der Waals surface area contributed by atoms with E-state index in [1.165, 1.54) is 6.07 Å². The van der Waals surface area contributed by atoms with E-state index in [-0.39, 0.29) is 5.69 Å². The monoisotopic (exact) mass is 250 g/mol. The average Bonchev–Trinajstić information content (AvgIpc) is 2.26. The van der Waals surface area contributed by atoms with E-state index in [0.29, 0.717) is 17.8 Å². The number of likely N-dealkylation sites (N-methyl/N-ethyl adjacent to an activating group) is 1. The standard InChI is InChI=1S/C13H18N2O3/c1-9(2)8-14(4)12-6-5-11(10(3)16)7-13(12)15(17)18/h5-7,10,16H,1,8H2,2-4H3/t10-/m0/s1. The van der Waals surface area contributed by atoms with Gasteiger partial charge in [0.25, 0.3) is 5.69 Å². The number of rotatable bonds is 5. The van der Waals surface area contributed by atoms with Crippen molar-refractivity contribution in [3.05, 3.63) is 46.0 Å². The van der Waals surface area contributed by atoms with Crippen LogP contribution in [0, 0.1) is 10.1 Å². The summed E-state index contributed by atoms with van der Waals surface area (Å²) < 4.78 is 0. The Balaban J connectivity index is 3.19. The molecule has 98 valence electrons. The highest BCUT2D eigenvalue weighted by Crippen LogP contribution is 2.30. The molecule has 0 saturated carbocycles. The summed E-state index contributed by atoms with van der Waals surface area (Å²) in [6.45, 7) is 7.79. The molecule has 0 aromatic heterocycles. The Labute approximate surface area is 107 Å². The number of benzene rings is 1. The third-order valence-corrected chi connectivity index (χ3v) is 2.60. The van der Waals surface area contributed by atoms with E-state index >= 15 is 0 Å². The van der Waals surface area contributed by atoms with Crippen molar-refractivity contribution in [2.24, 2.45) is 0 Å². The molecule has 1 rings (SSSR count). The number of hydrogen-bond donors (Lipinski definition) is 1. The Bertz CT molecular complexity index is 469. The zero-order valence-corrected chi connectivity index (χ0v) is 10.9. The van der Waals surface area contributed by atoms with Gasteiger partial charge in [-0.1, -0.05) is 18.2 Å². The van der Waals surface area contributed by atoms with Crippen LogP contribution in [0.15, 0.2) is 30.4 Å². The first-order valence-corrected chi connectivity index (χ1v) is 5.65. The number of aliphatic hydroxyl groups is 1. The van der Waals surface area contributed by atoms with Crippen LogP contribution in [-0.4, -0.2) is 23.6 Å². The largest absolute Gasteiger partial charge is 0.389 e. The van der Waals surface area contributed by atoms with E-state index in [2.05, 4.69) is 6.58 Å². The van der Waals surface area contributed by atoms with Crippen LogP contribution in [0.2, 0.25) is 0 Å². The SMILES string of the molecule is C=C(C)CN(C)c1ccc([C@H](C)O)cc1[N+](=O)[O-]. The smallest absolute Gasteiger partial charge is 0.292 e. The molecule has 0 radical (unpaired) electrons. The Morgan fingerprint density at radius 3 is 2.67 bits per heavy atom. The first kappa shape index (κ1) is 14.2. The lowest BCUT2D eigenvalue weighted by molar-refractivity contribution is -0.384. The zero-order chi connectivity index (χ0) is 13.9. The van der Waals surface area contributed by atoms with Crippen molar-refractivity contribution in [2.75, 3.05) is 18.5 Å². The van der Waals surface area contributed by atoms with Crippen LogP contribution < -0.4 is 4.90 Å².